The van der Waals surface area contributed by atoms with E-state index in [1.807, 2.05) is 35.2 Å². The second kappa shape index (κ2) is 8.52. The first kappa shape index (κ1) is 18.0. The Morgan fingerprint density at radius 1 is 0.962 bits per heavy atom. The molecule has 0 bridgehead atoms. The number of piperidine rings is 1. The van der Waals surface area contributed by atoms with Crippen LogP contribution in [-0.2, 0) is 0 Å². The average Bonchev–Trinajstić information content (AvgIpc) is 2.68. The molecule has 1 aliphatic rings. The van der Waals surface area contributed by atoms with E-state index in [4.69, 9.17) is 0 Å². The molecule has 26 heavy (non-hydrogen) atoms. The van der Waals surface area contributed by atoms with Crippen LogP contribution in [-0.4, -0.2) is 29.4 Å². The van der Waals surface area contributed by atoms with Crippen molar-refractivity contribution < 1.29 is 9.59 Å². The van der Waals surface area contributed by atoms with Crippen molar-refractivity contribution in [2.24, 2.45) is 0 Å². The molecular formula is C21H25N3O2. The number of benzene rings is 2. The van der Waals surface area contributed by atoms with Gasteiger partial charge < -0.3 is 15.5 Å². The molecule has 5 heteroatoms. The average molecular weight is 351 g/mol. The molecule has 0 saturated carbocycles. The molecule has 1 aliphatic heterocycles. The van der Waals surface area contributed by atoms with Gasteiger partial charge in [-0.1, -0.05) is 25.1 Å². The number of hydrogen-bond acceptors (Lipinski definition) is 2. The maximum absolute atomic E-state index is 12.8. The van der Waals surface area contributed by atoms with Crippen LogP contribution in [0.5, 0.6) is 0 Å². The van der Waals surface area contributed by atoms with Gasteiger partial charge in [0.05, 0.1) is 0 Å². The zero-order valence-electron chi connectivity index (χ0n) is 15.1. The zero-order chi connectivity index (χ0) is 18.4. The van der Waals surface area contributed by atoms with Crippen molar-refractivity contribution in [1.82, 2.24) is 4.90 Å². The first-order valence-electron chi connectivity index (χ1n) is 9.21. The van der Waals surface area contributed by atoms with Crippen LogP contribution < -0.4 is 10.6 Å². The largest absolute Gasteiger partial charge is 0.336 e. The zero-order valence-corrected chi connectivity index (χ0v) is 15.1. The van der Waals surface area contributed by atoms with E-state index in [1.165, 1.54) is 6.42 Å². The quantitative estimate of drug-likeness (QED) is 0.836. The minimum absolute atomic E-state index is 0.0804. The molecule has 0 radical (unpaired) electrons. The highest BCUT2D eigenvalue weighted by Gasteiger charge is 2.26. The summed E-state index contributed by atoms with van der Waals surface area (Å²) in [6.45, 7) is 2.96. The monoisotopic (exact) mass is 351 g/mol. The topological polar surface area (TPSA) is 61.4 Å². The summed E-state index contributed by atoms with van der Waals surface area (Å²) in [5.41, 5.74) is 2.05. The Bertz CT molecular complexity index is 744. The summed E-state index contributed by atoms with van der Waals surface area (Å²) in [6.07, 6.45) is 4.34. The van der Waals surface area contributed by atoms with Crippen LogP contribution in [0.1, 0.15) is 43.0 Å². The third-order valence-electron chi connectivity index (χ3n) is 4.78. The standard InChI is InChI=1S/C21H25N3O2/c1-2-19-10-6-7-15-24(19)20(25)16-11-13-18(14-12-16)23-21(26)22-17-8-4-3-5-9-17/h3-5,8-9,11-14,19H,2,6-7,10,15H2,1H3,(H2,22,23,26). The number of nitrogens with zero attached hydrogens (tertiary/aromatic N) is 1. The van der Waals surface area contributed by atoms with Gasteiger partial charge in [-0.25, -0.2) is 4.79 Å². The number of hydrogen-bond donors (Lipinski definition) is 2. The van der Waals surface area contributed by atoms with E-state index in [2.05, 4.69) is 17.6 Å². The molecular weight excluding hydrogens is 326 g/mol. The summed E-state index contributed by atoms with van der Waals surface area (Å²) in [4.78, 5) is 26.8. The molecule has 0 aliphatic carbocycles. The van der Waals surface area contributed by atoms with E-state index in [0.717, 1.165) is 31.5 Å². The molecule has 2 aromatic rings. The summed E-state index contributed by atoms with van der Waals surface area (Å²) < 4.78 is 0. The van der Waals surface area contributed by atoms with E-state index in [9.17, 15) is 9.59 Å². The molecule has 3 rings (SSSR count). The maximum atomic E-state index is 12.8. The lowest BCUT2D eigenvalue weighted by Gasteiger charge is -2.35. The van der Waals surface area contributed by atoms with E-state index in [0.29, 0.717) is 17.3 Å². The van der Waals surface area contributed by atoms with Crippen molar-refractivity contribution in [2.45, 2.75) is 38.6 Å². The molecule has 0 spiro atoms. The van der Waals surface area contributed by atoms with Crippen molar-refractivity contribution in [1.29, 1.82) is 0 Å². The molecule has 136 valence electrons. The fraction of sp³-hybridized carbons (Fsp3) is 0.333. The molecule has 2 aromatic carbocycles. The van der Waals surface area contributed by atoms with Gasteiger partial charge in [-0.05, 0) is 62.1 Å². The predicted molar refractivity (Wildman–Crippen MR) is 104 cm³/mol. The molecule has 1 unspecified atom stereocenters. The summed E-state index contributed by atoms with van der Waals surface area (Å²) in [5.74, 6) is 0.0804. The second-order valence-electron chi connectivity index (χ2n) is 6.58. The van der Waals surface area contributed by atoms with Crippen molar-refractivity contribution in [3.05, 3.63) is 60.2 Å². The molecule has 5 nitrogen and oxygen atoms in total. The number of para-hydroxylation sites is 1. The van der Waals surface area contributed by atoms with E-state index >= 15 is 0 Å². The van der Waals surface area contributed by atoms with Crippen LogP contribution in [0, 0.1) is 0 Å². The summed E-state index contributed by atoms with van der Waals surface area (Å²) in [7, 11) is 0. The Kier molecular flexibility index (Phi) is 5.89. The van der Waals surface area contributed by atoms with Crippen LogP contribution in [0.2, 0.25) is 0 Å². The Morgan fingerprint density at radius 3 is 2.27 bits per heavy atom. The Labute approximate surface area is 154 Å². The van der Waals surface area contributed by atoms with Gasteiger partial charge in [-0.3, -0.25) is 4.79 Å². The highest BCUT2D eigenvalue weighted by molar-refractivity contribution is 6.00. The summed E-state index contributed by atoms with van der Waals surface area (Å²) >= 11 is 0. The molecule has 1 saturated heterocycles. The first-order valence-corrected chi connectivity index (χ1v) is 9.21. The maximum Gasteiger partial charge on any atom is 0.323 e. The van der Waals surface area contributed by atoms with Crippen molar-refractivity contribution >= 4 is 23.3 Å². The lowest BCUT2D eigenvalue weighted by atomic mass is 9.99. The van der Waals surface area contributed by atoms with Gasteiger partial charge in [0, 0.05) is 29.5 Å². The van der Waals surface area contributed by atoms with Crippen LogP contribution in [0.15, 0.2) is 54.6 Å². The van der Waals surface area contributed by atoms with Crippen molar-refractivity contribution in [3.8, 4) is 0 Å². The van der Waals surface area contributed by atoms with E-state index in [1.54, 1.807) is 24.3 Å². The van der Waals surface area contributed by atoms with Gasteiger partial charge in [0.1, 0.15) is 0 Å². The molecule has 2 N–H and O–H groups in total. The summed E-state index contributed by atoms with van der Waals surface area (Å²) in [5, 5.41) is 5.55. The van der Waals surface area contributed by atoms with Gasteiger partial charge >= 0.3 is 6.03 Å². The van der Waals surface area contributed by atoms with Crippen LogP contribution >= 0.6 is 0 Å². The third kappa shape index (κ3) is 4.42. The minimum atomic E-state index is -0.308. The van der Waals surface area contributed by atoms with Gasteiger partial charge in [0.15, 0.2) is 0 Å². The molecule has 3 amide bonds. The lowest BCUT2D eigenvalue weighted by Crippen LogP contribution is -2.43. The SMILES string of the molecule is CCC1CCCCN1C(=O)c1ccc(NC(=O)Nc2ccccc2)cc1. The highest BCUT2D eigenvalue weighted by atomic mass is 16.2. The number of nitrogens with one attached hydrogen (secondary N) is 2. The third-order valence-corrected chi connectivity index (χ3v) is 4.78. The first-order chi connectivity index (χ1) is 12.7. The number of rotatable bonds is 4. The molecule has 1 atom stereocenters. The van der Waals surface area contributed by atoms with E-state index in [-0.39, 0.29) is 11.9 Å². The Hall–Kier alpha value is -2.82. The Morgan fingerprint density at radius 2 is 1.62 bits per heavy atom. The smallest absolute Gasteiger partial charge is 0.323 e. The second-order valence-corrected chi connectivity index (χ2v) is 6.58. The number of amides is 3. The van der Waals surface area contributed by atoms with Gasteiger partial charge in [-0.2, -0.15) is 0 Å². The fourth-order valence-electron chi connectivity index (χ4n) is 3.37. The number of carbonyl (C=O) groups is 2. The highest BCUT2D eigenvalue weighted by Crippen LogP contribution is 2.22. The fourth-order valence-corrected chi connectivity index (χ4v) is 3.37. The number of anilines is 2. The minimum Gasteiger partial charge on any atom is -0.336 e. The van der Waals surface area contributed by atoms with Crippen LogP contribution in [0.25, 0.3) is 0 Å². The number of urea groups is 1. The Balaban J connectivity index is 1.61. The van der Waals surface area contributed by atoms with Crippen LogP contribution in [0.4, 0.5) is 16.2 Å². The lowest BCUT2D eigenvalue weighted by molar-refractivity contribution is 0.0608. The van der Waals surface area contributed by atoms with Crippen LogP contribution in [0.3, 0.4) is 0 Å². The van der Waals surface area contributed by atoms with Gasteiger partial charge in [-0.15, -0.1) is 0 Å². The predicted octanol–water partition coefficient (Wildman–Crippen LogP) is 4.74. The molecule has 1 fully saturated rings. The molecule has 0 aromatic heterocycles. The van der Waals surface area contributed by atoms with Crippen molar-refractivity contribution in [2.75, 3.05) is 17.2 Å². The number of carbonyl (C=O) groups excluding carboxylic acids is 2. The van der Waals surface area contributed by atoms with Gasteiger partial charge in [0.2, 0.25) is 0 Å². The van der Waals surface area contributed by atoms with Crippen molar-refractivity contribution in [3.63, 3.8) is 0 Å². The van der Waals surface area contributed by atoms with Gasteiger partial charge in [0.25, 0.3) is 5.91 Å². The van der Waals surface area contributed by atoms with E-state index < -0.39 is 0 Å². The normalized spacial score (nSPS) is 16.8. The summed E-state index contributed by atoms with van der Waals surface area (Å²) in [6, 6.07) is 16.4. The number of likely N-dealkylation sites (tertiary alicyclic amines) is 1. The molecule has 1 heterocycles.